The van der Waals surface area contributed by atoms with Crippen LogP contribution < -0.4 is 0 Å². The van der Waals surface area contributed by atoms with E-state index in [-0.39, 0.29) is 17.8 Å². The van der Waals surface area contributed by atoms with Gasteiger partial charge < -0.3 is 14.4 Å². The van der Waals surface area contributed by atoms with Crippen molar-refractivity contribution in [2.24, 2.45) is 0 Å². The molecule has 1 aliphatic rings. The van der Waals surface area contributed by atoms with Crippen molar-refractivity contribution in [2.45, 2.75) is 38.7 Å². The van der Waals surface area contributed by atoms with E-state index in [1.165, 1.54) is 6.92 Å². The second kappa shape index (κ2) is 5.85. The third-order valence-corrected chi connectivity index (χ3v) is 2.76. The van der Waals surface area contributed by atoms with Gasteiger partial charge in [0, 0.05) is 33.0 Å². The van der Waals surface area contributed by atoms with Crippen molar-refractivity contribution < 1.29 is 14.3 Å². The average molecular weight is 213 g/mol. The first-order valence-corrected chi connectivity index (χ1v) is 5.43. The van der Waals surface area contributed by atoms with E-state index in [2.05, 4.69) is 0 Å². The first-order valence-electron chi connectivity index (χ1n) is 5.43. The topological polar surface area (TPSA) is 46.6 Å². The third-order valence-electron chi connectivity index (χ3n) is 2.76. The Balaban J connectivity index is 2.35. The summed E-state index contributed by atoms with van der Waals surface area (Å²) < 4.78 is 5.24. The number of nitrogens with zero attached hydrogens (tertiary/aromatic N) is 1. The summed E-state index contributed by atoms with van der Waals surface area (Å²) in [6.45, 7) is 2.99. The monoisotopic (exact) mass is 213 g/mol. The van der Waals surface area contributed by atoms with Gasteiger partial charge in [-0.2, -0.15) is 0 Å². The first kappa shape index (κ1) is 12.2. The Morgan fingerprint density at radius 3 is 2.73 bits per heavy atom. The molecule has 0 bridgehead atoms. The molecule has 0 aromatic heterocycles. The summed E-state index contributed by atoms with van der Waals surface area (Å²) in [7, 11) is 1.67. The highest BCUT2D eigenvalue weighted by Crippen LogP contribution is 2.13. The van der Waals surface area contributed by atoms with Gasteiger partial charge in [0.25, 0.3) is 0 Å². The van der Waals surface area contributed by atoms with Crippen molar-refractivity contribution in [3.05, 3.63) is 0 Å². The van der Waals surface area contributed by atoms with Gasteiger partial charge in [-0.3, -0.25) is 4.79 Å². The van der Waals surface area contributed by atoms with Gasteiger partial charge in [-0.1, -0.05) is 0 Å². The van der Waals surface area contributed by atoms with E-state index in [1.807, 2.05) is 0 Å². The number of likely N-dealkylation sites (tertiary alicyclic amines) is 1. The molecule has 1 aliphatic heterocycles. The van der Waals surface area contributed by atoms with Crippen LogP contribution in [0.3, 0.4) is 0 Å². The van der Waals surface area contributed by atoms with E-state index < -0.39 is 0 Å². The van der Waals surface area contributed by atoms with Crippen LogP contribution in [0, 0.1) is 0 Å². The zero-order valence-electron chi connectivity index (χ0n) is 9.49. The molecule has 0 N–H and O–H groups in total. The summed E-state index contributed by atoms with van der Waals surface area (Å²) >= 11 is 0. The lowest BCUT2D eigenvalue weighted by Crippen LogP contribution is -2.42. The van der Waals surface area contributed by atoms with E-state index in [9.17, 15) is 9.59 Å². The number of piperidine rings is 1. The average Bonchev–Trinajstić information content (AvgIpc) is 2.26. The predicted molar refractivity (Wildman–Crippen MR) is 56.5 cm³/mol. The molecule has 1 amide bonds. The molecule has 1 fully saturated rings. The van der Waals surface area contributed by atoms with Crippen molar-refractivity contribution in [2.75, 3.05) is 20.2 Å². The number of hydrogen-bond acceptors (Lipinski definition) is 3. The summed E-state index contributed by atoms with van der Waals surface area (Å²) in [5, 5.41) is 0. The van der Waals surface area contributed by atoms with Crippen LogP contribution in [0.15, 0.2) is 0 Å². The molecule has 15 heavy (non-hydrogen) atoms. The fourth-order valence-electron chi connectivity index (χ4n) is 1.80. The Morgan fingerprint density at radius 1 is 1.40 bits per heavy atom. The van der Waals surface area contributed by atoms with Crippen molar-refractivity contribution in [1.82, 2.24) is 4.90 Å². The molecule has 86 valence electrons. The molecule has 0 radical (unpaired) electrons. The van der Waals surface area contributed by atoms with E-state index in [1.54, 1.807) is 12.0 Å². The van der Waals surface area contributed by atoms with Crippen molar-refractivity contribution in [3.63, 3.8) is 0 Å². The van der Waals surface area contributed by atoms with Gasteiger partial charge in [0.1, 0.15) is 5.78 Å². The standard InChI is InChI=1S/C11H19NO3/c1-9(13)5-6-11(14)12-7-3-4-10(8-12)15-2/h10H,3-8H2,1-2H3. The number of carbonyl (C=O) groups excluding carboxylic acids is 2. The van der Waals surface area contributed by atoms with Gasteiger partial charge in [-0.25, -0.2) is 0 Å². The van der Waals surface area contributed by atoms with E-state index in [4.69, 9.17) is 4.74 Å². The summed E-state index contributed by atoms with van der Waals surface area (Å²) in [5.41, 5.74) is 0. The van der Waals surface area contributed by atoms with Gasteiger partial charge in [0.05, 0.1) is 6.10 Å². The Morgan fingerprint density at radius 2 is 2.13 bits per heavy atom. The predicted octanol–water partition coefficient (Wildman–Crippen LogP) is 0.993. The second-order valence-corrected chi connectivity index (χ2v) is 4.04. The molecular formula is C11H19NO3. The van der Waals surface area contributed by atoms with Gasteiger partial charge in [-0.15, -0.1) is 0 Å². The highest BCUT2D eigenvalue weighted by molar-refractivity contribution is 5.83. The van der Waals surface area contributed by atoms with Crippen molar-refractivity contribution >= 4 is 11.7 Å². The van der Waals surface area contributed by atoms with Crippen LogP contribution in [-0.2, 0) is 14.3 Å². The summed E-state index contributed by atoms with van der Waals surface area (Å²) in [6, 6.07) is 0. The van der Waals surface area contributed by atoms with E-state index in [0.717, 1.165) is 19.4 Å². The smallest absolute Gasteiger partial charge is 0.223 e. The molecule has 1 rings (SSSR count). The Hall–Kier alpha value is -0.900. The van der Waals surface area contributed by atoms with Crippen molar-refractivity contribution in [1.29, 1.82) is 0 Å². The molecule has 0 aromatic rings. The van der Waals surface area contributed by atoms with Crippen LogP contribution in [0.2, 0.25) is 0 Å². The molecule has 4 nitrogen and oxygen atoms in total. The fraction of sp³-hybridized carbons (Fsp3) is 0.818. The van der Waals surface area contributed by atoms with Crippen LogP contribution in [0.4, 0.5) is 0 Å². The van der Waals surface area contributed by atoms with Gasteiger partial charge in [0.15, 0.2) is 0 Å². The van der Waals surface area contributed by atoms with E-state index >= 15 is 0 Å². The minimum atomic E-state index is 0.0728. The van der Waals surface area contributed by atoms with Gasteiger partial charge in [0.2, 0.25) is 5.91 Å². The largest absolute Gasteiger partial charge is 0.380 e. The first-order chi connectivity index (χ1) is 7.13. The number of rotatable bonds is 4. The molecule has 1 saturated heterocycles. The molecule has 0 saturated carbocycles. The molecule has 1 heterocycles. The minimum absolute atomic E-state index is 0.0728. The number of ketones is 1. The van der Waals surface area contributed by atoms with Crippen LogP contribution >= 0.6 is 0 Å². The number of methoxy groups -OCH3 is 1. The zero-order chi connectivity index (χ0) is 11.3. The summed E-state index contributed by atoms with van der Waals surface area (Å²) in [6.07, 6.45) is 2.87. The molecule has 0 aromatic carbocycles. The lowest BCUT2D eigenvalue weighted by Gasteiger charge is -2.31. The van der Waals surface area contributed by atoms with Gasteiger partial charge >= 0.3 is 0 Å². The fourth-order valence-corrected chi connectivity index (χ4v) is 1.80. The lowest BCUT2D eigenvalue weighted by atomic mass is 10.1. The highest BCUT2D eigenvalue weighted by Gasteiger charge is 2.22. The SMILES string of the molecule is COC1CCCN(C(=O)CCC(C)=O)C1. The summed E-state index contributed by atoms with van der Waals surface area (Å²) in [4.78, 5) is 24.2. The van der Waals surface area contributed by atoms with Crippen LogP contribution in [-0.4, -0.2) is 42.9 Å². The third kappa shape index (κ3) is 4.00. The maximum Gasteiger partial charge on any atom is 0.223 e. The van der Waals surface area contributed by atoms with Crippen molar-refractivity contribution in [3.8, 4) is 0 Å². The zero-order valence-corrected chi connectivity index (χ0v) is 9.49. The maximum absolute atomic E-state index is 11.7. The highest BCUT2D eigenvalue weighted by atomic mass is 16.5. The van der Waals surface area contributed by atoms with Gasteiger partial charge in [-0.05, 0) is 19.8 Å². The second-order valence-electron chi connectivity index (χ2n) is 4.04. The molecule has 0 spiro atoms. The molecule has 1 atom stereocenters. The maximum atomic E-state index is 11.7. The Bertz CT molecular complexity index is 240. The Labute approximate surface area is 90.6 Å². The molecule has 4 heteroatoms. The Kier molecular flexibility index (Phi) is 4.75. The summed E-state index contributed by atoms with van der Waals surface area (Å²) in [5.74, 6) is 0.149. The number of hydrogen-bond donors (Lipinski definition) is 0. The molecule has 0 aliphatic carbocycles. The number of amides is 1. The quantitative estimate of drug-likeness (QED) is 0.699. The number of carbonyl (C=O) groups is 2. The number of ether oxygens (including phenoxy) is 1. The lowest BCUT2D eigenvalue weighted by molar-refractivity contribution is -0.136. The minimum Gasteiger partial charge on any atom is -0.380 e. The molecular weight excluding hydrogens is 194 g/mol. The molecule has 1 unspecified atom stereocenters. The van der Waals surface area contributed by atoms with Crippen LogP contribution in [0.1, 0.15) is 32.6 Å². The van der Waals surface area contributed by atoms with E-state index in [0.29, 0.717) is 19.4 Å². The van der Waals surface area contributed by atoms with Crippen LogP contribution in [0.5, 0.6) is 0 Å². The normalized spacial score (nSPS) is 21.5. The number of Topliss-reactive ketones (excluding diaryl/α,β-unsaturated/α-hetero) is 1. The van der Waals surface area contributed by atoms with Crippen LogP contribution in [0.25, 0.3) is 0 Å².